The Bertz CT molecular complexity index is 1190. The van der Waals surface area contributed by atoms with Crippen molar-refractivity contribution in [1.29, 1.82) is 0 Å². The summed E-state index contributed by atoms with van der Waals surface area (Å²) in [4.78, 5) is 29.2. The topological polar surface area (TPSA) is 139 Å². The van der Waals surface area contributed by atoms with Crippen molar-refractivity contribution in [1.82, 2.24) is 14.8 Å². The summed E-state index contributed by atoms with van der Waals surface area (Å²) in [5.41, 5.74) is 0.144. The number of thiazole rings is 1. The number of rotatable bonds is 4. The van der Waals surface area contributed by atoms with E-state index >= 15 is 0 Å². The van der Waals surface area contributed by atoms with E-state index < -0.39 is 33.3 Å². The number of ether oxygens (including phenoxy) is 3. The lowest BCUT2D eigenvalue weighted by Gasteiger charge is -2.25. The smallest absolute Gasteiger partial charge is 0.413 e. The highest BCUT2D eigenvalue weighted by Gasteiger charge is 2.41. The third-order valence-electron chi connectivity index (χ3n) is 5.06. The molecule has 0 atom stereocenters. The minimum Gasteiger partial charge on any atom is -0.461 e. The maximum atomic E-state index is 13.1. The second-order valence-electron chi connectivity index (χ2n) is 8.73. The number of nitrogens with zero attached hydrogens (tertiary/aromatic N) is 3. The zero-order chi connectivity index (χ0) is 24.0. The lowest BCUT2D eigenvalue weighted by atomic mass is 10.1. The van der Waals surface area contributed by atoms with Gasteiger partial charge in [0.15, 0.2) is 24.9 Å². The van der Waals surface area contributed by atoms with E-state index in [1.165, 1.54) is 0 Å². The van der Waals surface area contributed by atoms with Crippen LogP contribution < -0.4 is 5.32 Å². The maximum absolute atomic E-state index is 13.1. The molecule has 0 bridgehead atoms. The van der Waals surface area contributed by atoms with Crippen molar-refractivity contribution < 1.29 is 32.2 Å². The number of aromatic nitrogens is 3. The molecule has 11 nitrogen and oxygen atoms in total. The third-order valence-corrected chi connectivity index (χ3v) is 8.26. The average Bonchev–Trinajstić information content (AvgIpc) is 3.29. The van der Waals surface area contributed by atoms with Gasteiger partial charge in [0, 0.05) is 18.8 Å². The van der Waals surface area contributed by atoms with Gasteiger partial charge in [-0.25, -0.2) is 23.0 Å². The fourth-order valence-electron chi connectivity index (χ4n) is 3.78. The maximum Gasteiger partial charge on any atom is 0.413 e. The Labute approximate surface area is 195 Å². The number of hydrogen-bond acceptors (Lipinski definition) is 10. The molecule has 180 valence electrons. The van der Waals surface area contributed by atoms with Gasteiger partial charge >= 0.3 is 12.1 Å². The number of amides is 1. The zero-order valence-electron chi connectivity index (χ0n) is 18.8. The third kappa shape index (κ3) is 4.75. The Kier molecular flexibility index (Phi) is 6.22. The predicted octanol–water partition coefficient (Wildman–Crippen LogP) is 3.17. The molecule has 0 aromatic carbocycles. The molecule has 1 amide bonds. The van der Waals surface area contributed by atoms with Crippen molar-refractivity contribution in [3.05, 3.63) is 11.3 Å². The highest BCUT2D eigenvalue weighted by atomic mass is 32.2. The van der Waals surface area contributed by atoms with Crippen molar-refractivity contribution in [2.24, 2.45) is 0 Å². The van der Waals surface area contributed by atoms with Crippen molar-refractivity contribution in [3.63, 3.8) is 0 Å². The van der Waals surface area contributed by atoms with E-state index in [4.69, 9.17) is 14.2 Å². The molecule has 4 rings (SSSR count). The molecule has 2 aromatic heterocycles. The summed E-state index contributed by atoms with van der Waals surface area (Å²) < 4.78 is 43.7. The summed E-state index contributed by atoms with van der Waals surface area (Å²) in [7, 11) is -3.82. The molecular weight excluding hydrogens is 472 g/mol. The number of nitrogens with one attached hydrogen (secondary N) is 1. The minimum atomic E-state index is -3.82. The number of carbonyl (C=O) groups is 2. The van der Waals surface area contributed by atoms with Gasteiger partial charge in [-0.1, -0.05) is 11.3 Å². The van der Waals surface area contributed by atoms with Crippen LogP contribution in [-0.2, 0) is 29.8 Å². The quantitative estimate of drug-likeness (QED) is 0.630. The summed E-state index contributed by atoms with van der Waals surface area (Å²) >= 11 is 0.850. The molecule has 0 spiro atoms. The second kappa shape index (κ2) is 8.69. The van der Waals surface area contributed by atoms with E-state index in [1.807, 2.05) is 0 Å². The lowest BCUT2D eigenvalue weighted by molar-refractivity contribution is 0.0511. The first-order valence-corrected chi connectivity index (χ1v) is 13.1. The number of esters is 1. The molecule has 0 radical (unpaired) electrons. The van der Waals surface area contributed by atoms with Crippen LogP contribution in [0.5, 0.6) is 0 Å². The lowest BCUT2D eigenvalue weighted by Crippen LogP contribution is -2.27. The largest absolute Gasteiger partial charge is 0.461 e. The van der Waals surface area contributed by atoms with E-state index in [-0.39, 0.29) is 38.9 Å². The molecule has 33 heavy (non-hydrogen) atoms. The highest BCUT2D eigenvalue weighted by Crippen LogP contribution is 2.45. The van der Waals surface area contributed by atoms with Gasteiger partial charge in [0.2, 0.25) is 0 Å². The molecule has 1 N–H and O–H groups in total. The van der Waals surface area contributed by atoms with Crippen LogP contribution in [0, 0.1) is 0 Å². The van der Waals surface area contributed by atoms with Crippen LogP contribution >= 0.6 is 11.3 Å². The number of anilines is 1. The molecule has 0 saturated carbocycles. The number of hydrogen-bond donors (Lipinski definition) is 1. The van der Waals surface area contributed by atoms with Crippen LogP contribution in [0.2, 0.25) is 0 Å². The van der Waals surface area contributed by atoms with Gasteiger partial charge in [-0.05, 0) is 40.5 Å². The molecule has 2 aromatic rings. The minimum absolute atomic E-state index is 0.0182. The number of carbonyl (C=O) groups excluding carboxylic acids is 2. The summed E-state index contributed by atoms with van der Waals surface area (Å²) in [6.07, 6.45) is 0.577. The van der Waals surface area contributed by atoms with E-state index in [9.17, 15) is 18.0 Å². The average molecular weight is 499 g/mol. The Morgan fingerprint density at radius 1 is 1.27 bits per heavy atom. The number of fused-ring (bicyclic) bond motifs is 3. The van der Waals surface area contributed by atoms with Gasteiger partial charge in [-0.3, -0.25) is 10.00 Å². The first kappa shape index (κ1) is 23.6. The normalized spacial score (nSPS) is 17.7. The van der Waals surface area contributed by atoms with E-state index in [0.717, 1.165) is 11.3 Å². The predicted molar refractivity (Wildman–Crippen MR) is 119 cm³/mol. The fourth-order valence-corrected chi connectivity index (χ4v) is 6.61. The van der Waals surface area contributed by atoms with Gasteiger partial charge in [0.25, 0.3) is 0 Å². The van der Waals surface area contributed by atoms with Crippen LogP contribution in [0.4, 0.5) is 9.93 Å². The van der Waals surface area contributed by atoms with E-state index in [1.54, 1.807) is 32.4 Å². The van der Waals surface area contributed by atoms with Crippen molar-refractivity contribution in [2.45, 2.75) is 62.1 Å². The number of sulfone groups is 1. The summed E-state index contributed by atoms with van der Waals surface area (Å²) in [6, 6.07) is -0.0895. The first-order chi connectivity index (χ1) is 15.5. The van der Waals surface area contributed by atoms with E-state index in [0.29, 0.717) is 31.7 Å². The van der Waals surface area contributed by atoms with Crippen LogP contribution in [0.25, 0.3) is 11.4 Å². The van der Waals surface area contributed by atoms with Crippen molar-refractivity contribution in [3.8, 4) is 11.4 Å². The molecule has 2 aliphatic heterocycles. The van der Waals surface area contributed by atoms with Crippen molar-refractivity contribution in [2.75, 3.05) is 25.1 Å². The molecular formula is C20H26N4O7S2. The van der Waals surface area contributed by atoms with E-state index in [2.05, 4.69) is 15.4 Å². The standard InChI is InChI=1S/C20H26N4O7S2/c1-5-30-16(25)13-12-10-33(27,28)17-14(15(12)24(23-13)11-6-8-29-9-7-11)21-18(32-17)22-19(26)31-20(2,3)4/h11H,5-10H2,1-4H3,(H,21,22,26). The van der Waals surface area contributed by atoms with Gasteiger partial charge in [-0.15, -0.1) is 0 Å². The van der Waals surface area contributed by atoms with Gasteiger partial charge in [-0.2, -0.15) is 5.10 Å². The highest BCUT2D eigenvalue weighted by molar-refractivity contribution is 7.93. The van der Waals surface area contributed by atoms with Gasteiger partial charge in [0.1, 0.15) is 11.3 Å². The first-order valence-electron chi connectivity index (χ1n) is 10.6. The molecule has 1 fully saturated rings. The molecule has 1 saturated heterocycles. The Morgan fingerprint density at radius 3 is 2.61 bits per heavy atom. The Morgan fingerprint density at radius 2 is 1.97 bits per heavy atom. The molecule has 4 heterocycles. The molecule has 13 heteroatoms. The van der Waals surface area contributed by atoms with Crippen LogP contribution in [0.15, 0.2) is 4.21 Å². The van der Waals surface area contributed by atoms with Crippen molar-refractivity contribution >= 4 is 38.4 Å². The summed E-state index contributed by atoms with van der Waals surface area (Å²) in [6.45, 7) is 8.03. The monoisotopic (exact) mass is 498 g/mol. The van der Waals surface area contributed by atoms with Gasteiger partial charge < -0.3 is 14.2 Å². The second-order valence-corrected chi connectivity index (χ2v) is 11.9. The molecule has 2 aliphatic rings. The van der Waals surface area contributed by atoms with Gasteiger partial charge in [0.05, 0.1) is 24.1 Å². The van der Waals surface area contributed by atoms with Crippen LogP contribution in [0.1, 0.15) is 62.6 Å². The Balaban J connectivity index is 1.82. The van der Waals surface area contributed by atoms with Crippen LogP contribution in [0.3, 0.4) is 0 Å². The fraction of sp³-hybridized carbons (Fsp3) is 0.600. The Hall–Kier alpha value is -2.51. The summed E-state index contributed by atoms with van der Waals surface area (Å²) in [5.74, 6) is -1.08. The SMILES string of the molecule is CCOC(=O)c1nn(C2CCOCC2)c2c1CS(=O)(=O)c1sc(NC(=O)OC(C)(C)C)nc1-2. The zero-order valence-corrected chi connectivity index (χ0v) is 20.5. The summed E-state index contributed by atoms with van der Waals surface area (Å²) in [5, 5.41) is 7.09. The molecule has 0 aliphatic carbocycles. The molecule has 0 unspecified atom stereocenters. The van der Waals surface area contributed by atoms with Crippen LogP contribution in [-0.4, -0.2) is 60.7 Å².